The van der Waals surface area contributed by atoms with Crippen LogP contribution in [0.4, 0.5) is 0 Å². The summed E-state index contributed by atoms with van der Waals surface area (Å²) in [5.74, 6) is 0.626. The lowest BCUT2D eigenvalue weighted by Gasteiger charge is -2.05. The van der Waals surface area contributed by atoms with Crippen molar-refractivity contribution < 1.29 is 9.53 Å². The zero-order chi connectivity index (χ0) is 9.14. The fraction of sp³-hybridized carbons (Fsp3) is 0.222. The van der Waals surface area contributed by atoms with Crippen LogP contribution in [0.3, 0.4) is 0 Å². The van der Waals surface area contributed by atoms with E-state index in [1.165, 1.54) is 0 Å². The van der Waals surface area contributed by atoms with Gasteiger partial charge in [-0.1, -0.05) is 20.9 Å². The van der Waals surface area contributed by atoms with E-state index in [2.05, 4.69) is 9.24 Å². The highest BCUT2D eigenvalue weighted by Gasteiger charge is 2.06. The third-order valence-corrected chi connectivity index (χ3v) is 1.93. The van der Waals surface area contributed by atoms with Crippen LogP contribution in [-0.4, -0.2) is 12.6 Å². The Labute approximate surface area is 74.1 Å². The Morgan fingerprint density at radius 3 is 2.67 bits per heavy atom. The molecular formula is C9H11O2P. The Hall–Kier alpha value is -0.880. The molecule has 0 heterocycles. The topological polar surface area (TPSA) is 26.3 Å². The van der Waals surface area contributed by atoms with Crippen LogP contribution in [0.2, 0.25) is 0 Å². The van der Waals surface area contributed by atoms with Gasteiger partial charge in [0.05, 0.1) is 12.7 Å². The zero-order valence-corrected chi connectivity index (χ0v) is 8.28. The molecule has 0 fully saturated rings. The van der Waals surface area contributed by atoms with Crippen molar-refractivity contribution in [1.82, 2.24) is 0 Å². The summed E-state index contributed by atoms with van der Waals surface area (Å²) in [4.78, 5) is 11.1. The van der Waals surface area contributed by atoms with Crippen LogP contribution in [0.15, 0.2) is 18.2 Å². The molecular weight excluding hydrogens is 171 g/mol. The molecule has 1 rings (SSSR count). The second-order valence-corrected chi connectivity index (χ2v) is 3.09. The largest absolute Gasteiger partial charge is 0.496 e. The first-order valence-electron chi connectivity index (χ1n) is 3.59. The number of carbonyl (C=O) groups is 1. The van der Waals surface area contributed by atoms with Crippen molar-refractivity contribution in [3.63, 3.8) is 0 Å². The molecule has 0 aliphatic carbocycles. The summed E-state index contributed by atoms with van der Waals surface area (Å²) in [5.41, 5.74) is 1.62. The van der Waals surface area contributed by atoms with Crippen molar-refractivity contribution in [2.24, 2.45) is 0 Å². The van der Waals surface area contributed by atoms with E-state index in [0.717, 1.165) is 5.56 Å². The lowest BCUT2D eigenvalue weighted by Crippen LogP contribution is -1.95. The van der Waals surface area contributed by atoms with Gasteiger partial charge in [0.15, 0.2) is 5.52 Å². The molecule has 0 saturated carbocycles. The highest BCUT2D eigenvalue weighted by Crippen LogP contribution is 2.21. The summed E-state index contributed by atoms with van der Waals surface area (Å²) in [6, 6.07) is 5.52. The molecule has 0 aliphatic rings. The first kappa shape index (κ1) is 9.21. The van der Waals surface area contributed by atoms with Gasteiger partial charge in [0.2, 0.25) is 0 Å². The number of rotatable bonds is 2. The summed E-state index contributed by atoms with van der Waals surface area (Å²) in [6.07, 6.45) is 0. The Morgan fingerprint density at radius 2 is 2.17 bits per heavy atom. The zero-order valence-electron chi connectivity index (χ0n) is 7.13. The van der Waals surface area contributed by atoms with Crippen molar-refractivity contribution >= 4 is 14.8 Å². The number of benzene rings is 1. The predicted molar refractivity (Wildman–Crippen MR) is 51.8 cm³/mol. The lowest BCUT2D eigenvalue weighted by molar-refractivity contribution is 0.108. The molecule has 0 N–H and O–H groups in total. The molecule has 12 heavy (non-hydrogen) atoms. The Kier molecular flexibility index (Phi) is 2.83. The number of hydrogen-bond donors (Lipinski definition) is 0. The number of aryl methyl sites for hydroxylation is 1. The standard InChI is InChI=1S/C9H11O2P/c1-6-3-4-8(11-2)7(5-6)9(10)12/h3-5H,12H2,1-2H3. The van der Waals surface area contributed by atoms with Crippen LogP contribution in [-0.2, 0) is 0 Å². The molecule has 0 radical (unpaired) electrons. The molecule has 0 aliphatic heterocycles. The van der Waals surface area contributed by atoms with E-state index in [9.17, 15) is 4.79 Å². The first-order chi connectivity index (χ1) is 5.65. The quantitative estimate of drug-likeness (QED) is 0.654. The summed E-state index contributed by atoms with van der Waals surface area (Å²) in [6.45, 7) is 1.94. The molecule has 3 heteroatoms. The second kappa shape index (κ2) is 3.68. The van der Waals surface area contributed by atoms with Crippen LogP contribution >= 0.6 is 9.24 Å². The molecule has 0 aromatic heterocycles. The Bertz CT molecular complexity index is 307. The molecule has 0 saturated heterocycles. The van der Waals surface area contributed by atoms with Gasteiger partial charge < -0.3 is 4.74 Å². The van der Waals surface area contributed by atoms with Crippen LogP contribution in [0, 0.1) is 6.92 Å². The van der Waals surface area contributed by atoms with E-state index < -0.39 is 0 Å². The average molecular weight is 182 g/mol. The minimum atomic E-state index is -0.0458. The molecule has 1 atom stereocenters. The fourth-order valence-corrected chi connectivity index (χ4v) is 1.24. The monoisotopic (exact) mass is 182 g/mol. The van der Waals surface area contributed by atoms with Gasteiger partial charge >= 0.3 is 0 Å². The molecule has 1 aromatic rings. The third-order valence-electron chi connectivity index (χ3n) is 1.62. The number of hydrogen-bond acceptors (Lipinski definition) is 2. The van der Waals surface area contributed by atoms with Crippen LogP contribution in [0.25, 0.3) is 0 Å². The van der Waals surface area contributed by atoms with Crippen LogP contribution in [0.1, 0.15) is 15.9 Å². The summed E-state index contributed by atoms with van der Waals surface area (Å²) < 4.78 is 5.03. The Balaban J connectivity index is 3.21. The number of carbonyl (C=O) groups excluding carboxylic acids is 1. The van der Waals surface area contributed by atoms with Gasteiger partial charge in [0, 0.05) is 0 Å². The Morgan fingerprint density at radius 1 is 1.50 bits per heavy atom. The van der Waals surface area contributed by atoms with Gasteiger partial charge in [0.1, 0.15) is 5.75 Å². The maximum Gasteiger partial charge on any atom is 0.181 e. The highest BCUT2D eigenvalue weighted by molar-refractivity contribution is 7.41. The summed E-state index contributed by atoms with van der Waals surface area (Å²) >= 11 is 0. The smallest absolute Gasteiger partial charge is 0.181 e. The molecule has 1 aromatic carbocycles. The molecule has 1 unspecified atom stereocenters. The fourth-order valence-electron chi connectivity index (χ4n) is 1.01. The van der Waals surface area contributed by atoms with Gasteiger partial charge in [-0.3, -0.25) is 4.79 Å². The van der Waals surface area contributed by atoms with Crippen LogP contribution < -0.4 is 4.74 Å². The molecule has 64 valence electrons. The van der Waals surface area contributed by atoms with E-state index in [4.69, 9.17) is 4.74 Å². The third kappa shape index (κ3) is 1.83. The van der Waals surface area contributed by atoms with E-state index in [-0.39, 0.29) is 5.52 Å². The van der Waals surface area contributed by atoms with Gasteiger partial charge in [-0.2, -0.15) is 0 Å². The van der Waals surface area contributed by atoms with Gasteiger partial charge in [-0.05, 0) is 19.1 Å². The normalized spacial score (nSPS) is 9.58. The number of ether oxygens (including phenoxy) is 1. The highest BCUT2D eigenvalue weighted by atomic mass is 31.0. The van der Waals surface area contributed by atoms with Gasteiger partial charge in [0.25, 0.3) is 0 Å². The van der Waals surface area contributed by atoms with Crippen molar-refractivity contribution in [3.8, 4) is 5.75 Å². The van der Waals surface area contributed by atoms with Crippen molar-refractivity contribution in [1.29, 1.82) is 0 Å². The van der Waals surface area contributed by atoms with E-state index in [1.807, 2.05) is 19.1 Å². The summed E-state index contributed by atoms with van der Waals surface area (Å²) in [7, 11) is 3.70. The maximum atomic E-state index is 11.1. The van der Waals surface area contributed by atoms with Crippen molar-refractivity contribution in [2.75, 3.05) is 7.11 Å². The number of methoxy groups -OCH3 is 1. The average Bonchev–Trinajstić information content (AvgIpc) is 2.04. The van der Waals surface area contributed by atoms with Gasteiger partial charge in [-0.25, -0.2) is 0 Å². The van der Waals surface area contributed by atoms with Crippen molar-refractivity contribution in [3.05, 3.63) is 29.3 Å². The molecule has 0 amide bonds. The SMILES string of the molecule is COc1ccc(C)cc1C(=O)P. The van der Waals surface area contributed by atoms with Crippen LogP contribution in [0.5, 0.6) is 5.75 Å². The van der Waals surface area contributed by atoms with Gasteiger partial charge in [-0.15, -0.1) is 0 Å². The predicted octanol–water partition coefficient (Wildman–Crippen LogP) is 2.02. The minimum absolute atomic E-state index is 0.0458. The van der Waals surface area contributed by atoms with E-state index >= 15 is 0 Å². The van der Waals surface area contributed by atoms with E-state index in [1.54, 1.807) is 13.2 Å². The molecule has 0 spiro atoms. The molecule has 2 nitrogen and oxygen atoms in total. The minimum Gasteiger partial charge on any atom is -0.496 e. The molecule has 0 bridgehead atoms. The summed E-state index contributed by atoms with van der Waals surface area (Å²) in [5, 5.41) is 0. The first-order valence-corrected chi connectivity index (χ1v) is 4.17. The van der Waals surface area contributed by atoms with Crippen molar-refractivity contribution in [2.45, 2.75) is 6.92 Å². The second-order valence-electron chi connectivity index (χ2n) is 2.57. The maximum absolute atomic E-state index is 11.1. The lowest BCUT2D eigenvalue weighted by atomic mass is 10.1. The van der Waals surface area contributed by atoms with E-state index in [0.29, 0.717) is 11.3 Å².